The number of esters is 1. The number of hydrogen-bond donors (Lipinski definition) is 1. The topological polar surface area (TPSA) is 148 Å². The van der Waals surface area contributed by atoms with E-state index in [1.165, 1.54) is 37.4 Å². The van der Waals surface area contributed by atoms with Crippen molar-refractivity contribution in [2.75, 3.05) is 19.0 Å². The molecule has 0 radical (unpaired) electrons. The van der Waals surface area contributed by atoms with Crippen LogP contribution in [-0.2, 0) is 15.0 Å². The number of nitrogens with zero attached hydrogens (tertiary/aromatic N) is 3. The molecule has 1 aromatic carbocycles. The van der Waals surface area contributed by atoms with E-state index < -0.39 is 22.3 Å². The van der Waals surface area contributed by atoms with Crippen LogP contribution in [0, 0.1) is 0 Å². The summed E-state index contributed by atoms with van der Waals surface area (Å²) in [5.41, 5.74) is -0.136. The molecule has 0 aliphatic carbocycles. The number of methoxy groups -OCH3 is 1. The number of rotatable bonds is 7. The summed E-state index contributed by atoms with van der Waals surface area (Å²) in [4.78, 5) is 31.4. The molecule has 0 fully saturated rings. The Balaban J connectivity index is 0.00000420. The van der Waals surface area contributed by atoms with Crippen molar-refractivity contribution in [1.82, 2.24) is 9.97 Å². The number of para-hydroxylation sites is 1. The second kappa shape index (κ2) is 11.3. The molecule has 29 heavy (non-hydrogen) atoms. The fourth-order valence-electron chi connectivity index (χ4n) is 1.83. The molecule has 0 aliphatic heterocycles. The molecule has 150 valence electrons. The third kappa shape index (κ3) is 7.78. The van der Waals surface area contributed by atoms with E-state index in [-0.39, 0.29) is 63.9 Å². The maximum atomic E-state index is 12.0. The van der Waals surface area contributed by atoms with Crippen molar-refractivity contribution in [2.24, 2.45) is 0 Å². The van der Waals surface area contributed by atoms with E-state index in [1.54, 1.807) is 6.92 Å². The van der Waals surface area contributed by atoms with Crippen LogP contribution in [0.1, 0.15) is 17.3 Å². The van der Waals surface area contributed by atoms with Gasteiger partial charge in [0.05, 0.1) is 13.7 Å². The molecular formula is C15H14BrN4NaO7S. The molecule has 0 aliphatic rings. The van der Waals surface area contributed by atoms with E-state index in [4.69, 9.17) is 13.7 Å². The molecule has 2 aromatic rings. The number of ether oxygens (including phenoxy) is 2. The van der Waals surface area contributed by atoms with Gasteiger partial charge in [-0.25, -0.2) is 9.78 Å². The average molecular weight is 497 g/mol. The molecule has 11 nitrogen and oxygen atoms in total. The predicted molar refractivity (Wildman–Crippen MR) is 101 cm³/mol. The van der Waals surface area contributed by atoms with Crippen LogP contribution in [0.2, 0.25) is 0 Å². The number of carbonyl (C=O) groups is 2. The Morgan fingerprint density at radius 3 is 2.59 bits per heavy atom. The second-order valence-electron chi connectivity index (χ2n) is 4.81. The molecule has 0 bridgehead atoms. The molecule has 0 spiro atoms. The predicted octanol–water partition coefficient (Wildman–Crippen LogP) is -0.342. The molecule has 0 atom stereocenters. The van der Waals surface area contributed by atoms with Gasteiger partial charge in [0.2, 0.25) is 5.88 Å². The Hall–Kier alpha value is -1.93. The van der Waals surface area contributed by atoms with Crippen molar-refractivity contribution in [1.29, 1.82) is 0 Å². The van der Waals surface area contributed by atoms with Gasteiger partial charge in [-0.1, -0.05) is 12.1 Å². The smallest absolute Gasteiger partial charge is 0.481 e. The molecule has 1 heterocycles. The maximum Gasteiger partial charge on any atom is 1.00 e. The Morgan fingerprint density at radius 2 is 1.93 bits per heavy atom. The number of halogens is 1. The van der Waals surface area contributed by atoms with Gasteiger partial charge in [0.1, 0.15) is 16.1 Å². The number of benzene rings is 1. The van der Waals surface area contributed by atoms with Gasteiger partial charge in [-0.15, -0.1) is 0 Å². The summed E-state index contributed by atoms with van der Waals surface area (Å²) in [6.45, 7) is 1.68. The number of nitrogens with one attached hydrogen (secondary N) is 1. The summed E-state index contributed by atoms with van der Waals surface area (Å²) in [5.74, 6) is -1.24. The monoisotopic (exact) mass is 496 g/mol. The Labute approximate surface area is 197 Å². The van der Waals surface area contributed by atoms with Crippen LogP contribution in [0.15, 0.2) is 34.9 Å². The van der Waals surface area contributed by atoms with Crippen molar-refractivity contribution < 1.29 is 61.2 Å². The summed E-state index contributed by atoms with van der Waals surface area (Å²) in [7, 11) is -3.39. The van der Waals surface area contributed by atoms with Crippen LogP contribution in [-0.4, -0.2) is 44.1 Å². The van der Waals surface area contributed by atoms with Crippen LogP contribution >= 0.6 is 15.9 Å². The molecule has 2 rings (SSSR count). The van der Waals surface area contributed by atoms with E-state index in [1.807, 2.05) is 0 Å². The molecule has 0 saturated carbocycles. The van der Waals surface area contributed by atoms with Crippen molar-refractivity contribution in [2.45, 2.75) is 6.92 Å². The normalized spacial score (nSPS) is 10.3. The van der Waals surface area contributed by atoms with E-state index in [9.17, 15) is 18.0 Å². The van der Waals surface area contributed by atoms with Crippen molar-refractivity contribution in [3.63, 3.8) is 0 Å². The van der Waals surface area contributed by atoms with E-state index in [0.29, 0.717) is 0 Å². The summed E-state index contributed by atoms with van der Waals surface area (Å²) < 4.78 is 41.8. The number of aromatic nitrogens is 2. The zero-order valence-corrected chi connectivity index (χ0v) is 20.0. The minimum Gasteiger partial charge on any atom is -0.481 e. The minimum atomic E-state index is -4.74. The van der Waals surface area contributed by atoms with Crippen LogP contribution < -0.4 is 43.8 Å². The molecular weight excluding hydrogens is 483 g/mol. The number of urea groups is 1. The van der Waals surface area contributed by atoms with E-state index >= 15 is 0 Å². The van der Waals surface area contributed by atoms with Gasteiger partial charge in [0.25, 0.3) is 0 Å². The number of carbonyl (C=O) groups excluding carboxylic acids is 2. The van der Waals surface area contributed by atoms with Crippen LogP contribution in [0.4, 0.5) is 10.7 Å². The van der Waals surface area contributed by atoms with Gasteiger partial charge < -0.3 is 19.0 Å². The first-order valence-electron chi connectivity index (χ1n) is 7.57. The van der Waals surface area contributed by atoms with Crippen LogP contribution in [0.25, 0.3) is 4.72 Å². The van der Waals surface area contributed by atoms with Gasteiger partial charge in [-0.05, 0) is 35.0 Å². The number of hydrogen-bond acceptors (Lipinski definition) is 9. The SMILES string of the molecule is CCOC(=O)c1ccccc1OS(=O)(=O)[N-]C(=O)Nc1nc(Br)cc(OC)n1.[Na+]. The third-order valence-corrected chi connectivity index (χ3v) is 4.06. The van der Waals surface area contributed by atoms with Gasteiger partial charge in [0, 0.05) is 6.07 Å². The first kappa shape index (κ1) is 25.1. The number of anilines is 1. The van der Waals surface area contributed by atoms with Gasteiger partial charge in [0.15, 0.2) is 11.8 Å². The molecule has 0 unspecified atom stereocenters. The zero-order valence-electron chi connectivity index (χ0n) is 15.6. The summed E-state index contributed by atoms with van der Waals surface area (Å²) in [6.07, 6.45) is 0. The molecule has 2 amide bonds. The summed E-state index contributed by atoms with van der Waals surface area (Å²) >= 11 is 3.08. The quantitative estimate of drug-likeness (QED) is 0.308. The fourth-order valence-corrected chi connectivity index (χ4v) is 2.85. The second-order valence-corrected chi connectivity index (χ2v) is 6.82. The molecule has 1 aromatic heterocycles. The third-order valence-electron chi connectivity index (χ3n) is 2.87. The first-order chi connectivity index (χ1) is 13.2. The minimum absolute atomic E-state index is 0. The molecule has 14 heteroatoms. The average Bonchev–Trinajstić information content (AvgIpc) is 2.60. The first-order valence-corrected chi connectivity index (χ1v) is 9.73. The maximum absolute atomic E-state index is 12.0. The Kier molecular flexibility index (Phi) is 9.79. The number of amides is 2. The fraction of sp³-hybridized carbons (Fsp3) is 0.200. The Morgan fingerprint density at radius 1 is 1.24 bits per heavy atom. The van der Waals surface area contributed by atoms with Gasteiger partial charge in [-0.2, -0.15) is 13.4 Å². The van der Waals surface area contributed by atoms with E-state index in [0.717, 1.165) is 0 Å². The van der Waals surface area contributed by atoms with Gasteiger partial charge in [-0.3, -0.25) is 9.52 Å². The van der Waals surface area contributed by atoms with Gasteiger partial charge >= 0.3 is 45.8 Å². The van der Waals surface area contributed by atoms with Crippen molar-refractivity contribution in [3.05, 3.63) is 45.2 Å². The van der Waals surface area contributed by atoms with Crippen LogP contribution in [0.3, 0.4) is 0 Å². The standard InChI is InChI=1S/C15H15BrN4O7S.Na/c1-3-26-13(21)9-6-4-5-7-10(9)27-28(23,24)20-15(22)19-14-17-11(16)8-12(18-14)25-2;/h4-8H,3H2,1-2H3,(H2,17,18,19,20,22);/q;+1/p-1. The van der Waals surface area contributed by atoms with Crippen LogP contribution in [0.5, 0.6) is 11.6 Å². The largest absolute Gasteiger partial charge is 1.00 e. The van der Waals surface area contributed by atoms with Crippen molar-refractivity contribution in [3.8, 4) is 11.6 Å². The summed E-state index contributed by atoms with van der Waals surface area (Å²) in [6, 6.07) is 5.58. The summed E-state index contributed by atoms with van der Waals surface area (Å²) in [5, 5.41) is 2.07. The van der Waals surface area contributed by atoms with Crippen molar-refractivity contribution >= 4 is 44.2 Å². The molecule has 0 saturated heterocycles. The van der Waals surface area contributed by atoms with E-state index in [2.05, 4.69) is 35.9 Å². The Bertz CT molecular complexity index is 990. The zero-order chi connectivity index (χ0) is 20.7. The molecule has 1 N–H and O–H groups in total.